The van der Waals surface area contributed by atoms with Gasteiger partial charge in [0.1, 0.15) is 0 Å². The van der Waals surface area contributed by atoms with E-state index in [4.69, 9.17) is 0 Å². The summed E-state index contributed by atoms with van der Waals surface area (Å²) in [6.45, 7) is 10.1. The normalized spacial score (nSPS) is 12.8. The van der Waals surface area contributed by atoms with Crippen LogP contribution in [0.4, 0.5) is 5.82 Å². The summed E-state index contributed by atoms with van der Waals surface area (Å²) in [5.74, 6) is 0.892. The Hall–Kier alpha value is -1.68. The Morgan fingerprint density at radius 2 is 1.95 bits per heavy atom. The van der Waals surface area contributed by atoms with Gasteiger partial charge in [0.2, 0.25) is 0 Å². The number of aromatic nitrogens is 2. The van der Waals surface area contributed by atoms with Gasteiger partial charge in [0.25, 0.3) is 0 Å². The monoisotopic (exact) mass is 286 g/mol. The molecule has 0 aliphatic carbocycles. The highest BCUT2D eigenvalue weighted by molar-refractivity contribution is 5.90. The van der Waals surface area contributed by atoms with E-state index in [1.54, 1.807) is 0 Å². The van der Waals surface area contributed by atoms with Crippen LogP contribution < -0.4 is 5.32 Å². The first-order valence-electron chi connectivity index (χ1n) is 7.94. The minimum Gasteiger partial charge on any atom is -0.366 e. The Bertz CT molecular complexity index is 546. The summed E-state index contributed by atoms with van der Waals surface area (Å²) in [5, 5.41) is 14.1. The maximum atomic E-state index is 4.25. The number of rotatable bonds is 8. The van der Waals surface area contributed by atoms with Crippen LogP contribution in [0.2, 0.25) is 0 Å². The minimum atomic E-state index is 0.403. The zero-order chi connectivity index (χ0) is 15.1. The quantitative estimate of drug-likeness (QED) is 0.805. The molecule has 2 rings (SSSR count). The Labute approximate surface area is 127 Å². The Balaban J connectivity index is 1.91. The standard InChI is InChI=1S/C17H26N4/c1-4-21(5-2)12-8-9-14(3)19-17-16-11-7-6-10-15(16)13-18-20-17/h6-7,10-11,13-14H,4-5,8-9,12H2,1-3H3,(H,19,20)/t14-/m1/s1. The van der Waals surface area contributed by atoms with E-state index in [1.807, 2.05) is 18.3 Å². The number of hydrogen-bond acceptors (Lipinski definition) is 4. The molecule has 0 saturated carbocycles. The molecule has 0 aliphatic heterocycles. The van der Waals surface area contributed by atoms with Gasteiger partial charge < -0.3 is 10.2 Å². The molecular weight excluding hydrogens is 260 g/mol. The van der Waals surface area contributed by atoms with Crippen LogP contribution in [0.15, 0.2) is 30.5 Å². The van der Waals surface area contributed by atoms with Gasteiger partial charge >= 0.3 is 0 Å². The number of hydrogen-bond donors (Lipinski definition) is 1. The molecule has 0 spiro atoms. The molecule has 114 valence electrons. The van der Waals surface area contributed by atoms with Crippen LogP contribution in [0.25, 0.3) is 10.8 Å². The zero-order valence-electron chi connectivity index (χ0n) is 13.3. The number of anilines is 1. The van der Waals surface area contributed by atoms with Gasteiger partial charge in [0.15, 0.2) is 5.82 Å². The average molecular weight is 286 g/mol. The molecule has 1 aromatic carbocycles. The van der Waals surface area contributed by atoms with Gasteiger partial charge in [-0.15, -0.1) is 5.10 Å². The first-order chi connectivity index (χ1) is 10.2. The summed E-state index contributed by atoms with van der Waals surface area (Å²) in [4.78, 5) is 2.46. The van der Waals surface area contributed by atoms with Crippen molar-refractivity contribution in [1.82, 2.24) is 15.1 Å². The van der Waals surface area contributed by atoms with Gasteiger partial charge in [-0.2, -0.15) is 5.10 Å². The van der Waals surface area contributed by atoms with Crippen molar-refractivity contribution in [3.05, 3.63) is 30.5 Å². The van der Waals surface area contributed by atoms with Crippen molar-refractivity contribution in [2.75, 3.05) is 25.0 Å². The largest absolute Gasteiger partial charge is 0.366 e. The molecule has 0 fully saturated rings. The molecule has 21 heavy (non-hydrogen) atoms. The van der Waals surface area contributed by atoms with E-state index in [2.05, 4.69) is 53.3 Å². The number of benzene rings is 1. The highest BCUT2D eigenvalue weighted by Gasteiger charge is 2.08. The summed E-state index contributed by atoms with van der Waals surface area (Å²) in [7, 11) is 0. The maximum absolute atomic E-state index is 4.25. The van der Waals surface area contributed by atoms with Crippen molar-refractivity contribution < 1.29 is 0 Å². The summed E-state index contributed by atoms with van der Waals surface area (Å²) in [5.41, 5.74) is 0. The lowest BCUT2D eigenvalue weighted by molar-refractivity contribution is 0.295. The smallest absolute Gasteiger partial charge is 0.156 e. The molecule has 4 nitrogen and oxygen atoms in total. The molecule has 0 unspecified atom stereocenters. The Morgan fingerprint density at radius 3 is 2.71 bits per heavy atom. The summed E-state index contributed by atoms with van der Waals surface area (Å²) in [6, 6.07) is 8.64. The molecular formula is C17H26N4. The second-order valence-electron chi connectivity index (χ2n) is 5.49. The maximum Gasteiger partial charge on any atom is 0.156 e. The fourth-order valence-electron chi connectivity index (χ4n) is 2.60. The minimum absolute atomic E-state index is 0.403. The molecule has 2 aromatic rings. The van der Waals surface area contributed by atoms with E-state index in [9.17, 15) is 0 Å². The Kier molecular flexibility index (Phi) is 5.93. The fourth-order valence-corrected chi connectivity index (χ4v) is 2.60. The van der Waals surface area contributed by atoms with E-state index < -0.39 is 0 Å². The van der Waals surface area contributed by atoms with Gasteiger partial charge in [-0.1, -0.05) is 38.1 Å². The van der Waals surface area contributed by atoms with Crippen molar-refractivity contribution in [3.8, 4) is 0 Å². The van der Waals surface area contributed by atoms with Crippen molar-refractivity contribution in [3.63, 3.8) is 0 Å². The summed E-state index contributed by atoms with van der Waals surface area (Å²) >= 11 is 0. The molecule has 4 heteroatoms. The third kappa shape index (κ3) is 4.39. The highest BCUT2D eigenvalue weighted by atomic mass is 15.2. The lowest BCUT2D eigenvalue weighted by atomic mass is 10.1. The van der Waals surface area contributed by atoms with Gasteiger partial charge in [-0.05, 0) is 39.4 Å². The van der Waals surface area contributed by atoms with Crippen LogP contribution in [-0.4, -0.2) is 40.8 Å². The van der Waals surface area contributed by atoms with Crippen molar-refractivity contribution in [1.29, 1.82) is 0 Å². The molecule has 1 N–H and O–H groups in total. The first kappa shape index (κ1) is 15.7. The van der Waals surface area contributed by atoms with Crippen molar-refractivity contribution in [2.24, 2.45) is 0 Å². The first-order valence-corrected chi connectivity index (χ1v) is 7.94. The predicted molar refractivity (Wildman–Crippen MR) is 89.6 cm³/mol. The topological polar surface area (TPSA) is 41.0 Å². The molecule has 1 aromatic heterocycles. The number of nitrogens with zero attached hydrogens (tertiary/aromatic N) is 3. The van der Waals surface area contributed by atoms with Crippen LogP contribution in [0.3, 0.4) is 0 Å². The molecule has 0 bridgehead atoms. The summed E-state index contributed by atoms with van der Waals surface area (Å²) in [6.07, 6.45) is 4.15. The summed E-state index contributed by atoms with van der Waals surface area (Å²) < 4.78 is 0. The van der Waals surface area contributed by atoms with E-state index in [1.165, 1.54) is 13.0 Å². The van der Waals surface area contributed by atoms with Gasteiger partial charge in [-0.25, -0.2) is 0 Å². The van der Waals surface area contributed by atoms with Crippen LogP contribution in [0.1, 0.15) is 33.6 Å². The number of nitrogens with one attached hydrogen (secondary N) is 1. The van der Waals surface area contributed by atoms with Crippen molar-refractivity contribution >= 4 is 16.6 Å². The van der Waals surface area contributed by atoms with Gasteiger partial charge in [0, 0.05) is 16.8 Å². The van der Waals surface area contributed by atoms with Crippen molar-refractivity contribution in [2.45, 2.75) is 39.7 Å². The van der Waals surface area contributed by atoms with Gasteiger partial charge in [0.05, 0.1) is 6.20 Å². The Morgan fingerprint density at radius 1 is 1.19 bits per heavy atom. The van der Waals surface area contributed by atoms with E-state index in [0.717, 1.165) is 36.1 Å². The molecule has 0 saturated heterocycles. The molecule has 0 aliphatic rings. The predicted octanol–water partition coefficient (Wildman–Crippen LogP) is 3.55. The average Bonchev–Trinajstić information content (AvgIpc) is 2.52. The SMILES string of the molecule is CCN(CC)CCC[C@@H](C)Nc1nncc2ccccc12. The number of fused-ring (bicyclic) bond motifs is 1. The third-order valence-electron chi connectivity index (χ3n) is 3.96. The molecule has 0 radical (unpaired) electrons. The van der Waals surface area contributed by atoms with E-state index in [-0.39, 0.29) is 0 Å². The lowest BCUT2D eigenvalue weighted by Gasteiger charge is -2.20. The fraction of sp³-hybridized carbons (Fsp3) is 0.529. The van der Waals surface area contributed by atoms with Gasteiger partial charge in [-0.3, -0.25) is 0 Å². The van der Waals surface area contributed by atoms with Crippen LogP contribution in [0, 0.1) is 0 Å². The van der Waals surface area contributed by atoms with Crippen LogP contribution in [0.5, 0.6) is 0 Å². The lowest BCUT2D eigenvalue weighted by Crippen LogP contribution is -2.25. The van der Waals surface area contributed by atoms with E-state index >= 15 is 0 Å². The second kappa shape index (κ2) is 7.93. The highest BCUT2D eigenvalue weighted by Crippen LogP contribution is 2.20. The second-order valence-corrected chi connectivity index (χ2v) is 5.49. The molecule has 0 amide bonds. The third-order valence-corrected chi connectivity index (χ3v) is 3.96. The zero-order valence-corrected chi connectivity index (χ0v) is 13.3. The van der Waals surface area contributed by atoms with E-state index in [0.29, 0.717) is 6.04 Å². The molecule has 1 atom stereocenters. The van der Waals surface area contributed by atoms with Crippen LogP contribution in [-0.2, 0) is 0 Å². The molecule has 1 heterocycles. The van der Waals surface area contributed by atoms with Crippen LogP contribution >= 0.6 is 0 Å².